The van der Waals surface area contributed by atoms with Crippen molar-refractivity contribution < 1.29 is 4.79 Å². The average molecular weight is 381 g/mol. The number of carbonyl (C=O) groups excluding carboxylic acids is 1. The van der Waals surface area contributed by atoms with Crippen LogP contribution in [0.2, 0.25) is 5.02 Å². The van der Waals surface area contributed by atoms with Crippen molar-refractivity contribution in [3.05, 3.63) is 76.8 Å². The van der Waals surface area contributed by atoms with Crippen LogP contribution in [-0.2, 0) is 6.42 Å². The Bertz CT molecular complexity index is 1090. The van der Waals surface area contributed by atoms with Crippen LogP contribution < -0.4 is 5.73 Å². The van der Waals surface area contributed by atoms with Gasteiger partial charge >= 0.3 is 0 Å². The zero-order valence-corrected chi connectivity index (χ0v) is 15.1. The molecule has 7 heteroatoms. The van der Waals surface area contributed by atoms with Gasteiger partial charge in [0.15, 0.2) is 5.69 Å². The van der Waals surface area contributed by atoms with Crippen molar-refractivity contribution >= 4 is 38.9 Å². The quantitative estimate of drug-likeness (QED) is 0.578. The van der Waals surface area contributed by atoms with E-state index in [1.165, 1.54) is 11.3 Å². The van der Waals surface area contributed by atoms with E-state index in [0.29, 0.717) is 11.4 Å². The molecule has 5 nitrogen and oxygen atoms in total. The first kappa shape index (κ1) is 16.6. The molecule has 1 aromatic carbocycles. The van der Waals surface area contributed by atoms with Gasteiger partial charge in [-0.2, -0.15) is 5.10 Å². The molecular formula is C19H13ClN4OS. The first-order chi connectivity index (χ1) is 12.6. The summed E-state index contributed by atoms with van der Waals surface area (Å²) in [5, 5.41) is 9.88. The molecule has 2 N–H and O–H groups in total. The zero-order valence-electron chi connectivity index (χ0n) is 13.5. The molecule has 128 valence electrons. The SMILES string of the molecule is NC(=O)c1nnc(Cc2cccnc2)c2cc(-c3ccc(Cl)cc3)sc12. The summed E-state index contributed by atoms with van der Waals surface area (Å²) in [6, 6.07) is 13.4. The standard InChI is InChI=1S/C19H13ClN4OS/c20-13-5-3-12(4-6-13)16-9-14-15(8-11-2-1-7-22-10-11)23-24-17(19(21)25)18(14)26-16/h1-7,9-10H,8H2,(H2,21,25). The number of pyridine rings is 1. The lowest BCUT2D eigenvalue weighted by molar-refractivity contribution is 0.0996. The van der Waals surface area contributed by atoms with Crippen LogP contribution in [0.1, 0.15) is 21.7 Å². The number of rotatable bonds is 4. The van der Waals surface area contributed by atoms with Gasteiger partial charge in [0, 0.05) is 34.1 Å². The van der Waals surface area contributed by atoms with Crippen molar-refractivity contribution in [3.8, 4) is 10.4 Å². The van der Waals surface area contributed by atoms with Gasteiger partial charge in [-0.05, 0) is 35.4 Å². The second-order valence-electron chi connectivity index (χ2n) is 5.76. The molecule has 3 aromatic heterocycles. The van der Waals surface area contributed by atoms with Crippen LogP contribution in [0.25, 0.3) is 20.5 Å². The molecule has 0 saturated carbocycles. The highest BCUT2D eigenvalue weighted by Gasteiger charge is 2.17. The van der Waals surface area contributed by atoms with Crippen LogP contribution in [0.3, 0.4) is 0 Å². The second-order valence-corrected chi connectivity index (χ2v) is 7.25. The lowest BCUT2D eigenvalue weighted by atomic mass is 10.1. The number of hydrogen-bond donors (Lipinski definition) is 1. The minimum atomic E-state index is -0.583. The summed E-state index contributed by atoms with van der Waals surface area (Å²) in [6.45, 7) is 0. The Balaban J connectivity index is 1.87. The van der Waals surface area contributed by atoms with Gasteiger partial charge < -0.3 is 5.73 Å². The van der Waals surface area contributed by atoms with Gasteiger partial charge in [0.2, 0.25) is 0 Å². The van der Waals surface area contributed by atoms with E-state index in [2.05, 4.69) is 15.2 Å². The molecular weight excluding hydrogens is 368 g/mol. The maximum absolute atomic E-state index is 11.8. The predicted molar refractivity (Wildman–Crippen MR) is 103 cm³/mol. The third-order valence-electron chi connectivity index (χ3n) is 3.99. The van der Waals surface area contributed by atoms with Gasteiger partial charge in [0.05, 0.1) is 10.4 Å². The molecule has 0 fully saturated rings. The Morgan fingerprint density at radius 2 is 1.96 bits per heavy atom. The first-order valence-corrected chi connectivity index (χ1v) is 9.05. The average Bonchev–Trinajstić information content (AvgIpc) is 3.09. The number of halogens is 1. The van der Waals surface area contributed by atoms with Crippen LogP contribution >= 0.6 is 22.9 Å². The van der Waals surface area contributed by atoms with E-state index in [-0.39, 0.29) is 5.69 Å². The molecule has 26 heavy (non-hydrogen) atoms. The molecule has 0 radical (unpaired) electrons. The minimum Gasteiger partial charge on any atom is -0.364 e. The van der Waals surface area contributed by atoms with Crippen LogP contribution in [0.5, 0.6) is 0 Å². The van der Waals surface area contributed by atoms with Crippen LogP contribution in [0, 0.1) is 0 Å². The van der Waals surface area contributed by atoms with Crippen LogP contribution in [0.15, 0.2) is 54.9 Å². The third-order valence-corrected chi connectivity index (χ3v) is 5.43. The number of benzene rings is 1. The molecule has 0 bridgehead atoms. The monoisotopic (exact) mass is 380 g/mol. The Hall–Kier alpha value is -2.83. The maximum atomic E-state index is 11.8. The van der Waals surface area contributed by atoms with Gasteiger partial charge in [-0.15, -0.1) is 16.4 Å². The summed E-state index contributed by atoms with van der Waals surface area (Å²) in [5.74, 6) is -0.583. The molecule has 3 heterocycles. The van der Waals surface area contributed by atoms with Gasteiger partial charge in [-0.1, -0.05) is 29.8 Å². The summed E-state index contributed by atoms with van der Waals surface area (Å²) < 4.78 is 0.747. The van der Waals surface area contributed by atoms with Crippen LogP contribution in [0.4, 0.5) is 0 Å². The molecule has 0 saturated heterocycles. The highest BCUT2D eigenvalue weighted by Crippen LogP contribution is 2.36. The number of nitrogens with zero attached hydrogens (tertiary/aromatic N) is 3. The fourth-order valence-electron chi connectivity index (χ4n) is 2.74. The Labute approximate surface area is 158 Å². The molecule has 4 aromatic rings. The molecule has 0 aliphatic heterocycles. The van der Waals surface area contributed by atoms with Crippen molar-refractivity contribution in [2.75, 3.05) is 0 Å². The fraction of sp³-hybridized carbons (Fsp3) is 0.0526. The number of aromatic nitrogens is 3. The predicted octanol–water partition coefficient (Wildman–Crippen LogP) is 4.10. The lowest BCUT2D eigenvalue weighted by Gasteiger charge is -2.03. The topological polar surface area (TPSA) is 81.8 Å². The lowest BCUT2D eigenvalue weighted by Crippen LogP contribution is -2.14. The third kappa shape index (κ3) is 3.16. The Morgan fingerprint density at radius 1 is 1.15 bits per heavy atom. The van der Waals surface area contributed by atoms with Gasteiger partial charge in [0.25, 0.3) is 5.91 Å². The molecule has 1 amide bonds. The summed E-state index contributed by atoms with van der Waals surface area (Å²) in [6.07, 6.45) is 4.10. The number of amides is 1. The fourth-order valence-corrected chi connectivity index (χ4v) is 4.04. The van der Waals surface area contributed by atoms with Crippen molar-refractivity contribution in [3.63, 3.8) is 0 Å². The number of thiophene rings is 1. The molecule has 0 aliphatic carbocycles. The van der Waals surface area contributed by atoms with E-state index in [1.54, 1.807) is 12.4 Å². The Morgan fingerprint density at radius 3 is 2.65 bits per heavy atom. The molecule has 4 rings (SSSR count). The maximum Gasteiger partial charge on any atom is 0.270 e. The summed E-state index contributed by atoms with van der Waals surface area (Å²) in [7, 11) is 0. The second kappa shape index (κ2) is 6.82. The number of hydrogen-bond acceptors (Lipinski definition) is 5. The van der Waals surface area contributed by atoms with Crippen molar-refractivity contribution in [2.24, 2.45) is 5.73 Å². The molecule has 0 aliphatic rings. The first-order valence-electron chi connectivity index (χ1n) is 7.85. The number of fused-ring (bicyclic) bond motifs is 1. The van der Waals surface area contributed by atoms with E-state index in [0.717, 1.165) is 31.8 Å². The van der Waals surface area contributed by atoms with E-state index < -0.39 is 5.91 Å². The van der Waals surface area contributed by atoms with Crippen molar-refractivity contribution in [1.82, 2.24) is 15.2 Å². The van der Waals surface area contributed by atoms with Crippen LogP contribution in [-0.4, -0.2) is 21.1 Å². The Kier molecular flexibility index (Phi) is 4.36. The molecule has 0 spiro atoms. The van der Waals surface area contributed by atoms with Gasteiger partial charge in [-0.3, -0.25) is 9.78 Å². The van der Waals surface area contributed by atoms with E-state index in [1.807, 2.05) is 42.5 Å². The number of nitrogens with two attached hydrogens (primary N) is 1. The van der Waals surface area contributed by atoms with E-state index in [9.17, 15) is 4.79 Å². The largest absolute Gasteiger partial charge is 0.364 e. The van der Waals surface area contributed by atoms with Crippen molar-refractivity contribution in [1.29, 1.82) is 0 Å². The summed E-state index contributed by atoms with van der Waals surface area (Å²) >= 11 is 7.45. The smallest absolute Gasteiger partial charge is 0.270 e. The van der Waals surface area contributed by atoms with Crippen molar-refractivity contribution in [2.45, 2.75) is 6.42 Å². The highest BCUT2D eigenvalue weighted by atomic mass is 35.5. The van der Waals surface area contributed by atoms with Gasteiger partial charge in [0.1, 0.15) is 0 Å². The van der Waals surface area contributed by atoms with E-state index >= 15 is 0 Å². The van der Waals surface area contributed by atoms with E-state index in [4.69, 9.17) is 17.3 Å². The number of primary amides is 1. The molecule has 0 atom stereocenters. The van der Waals surface area contributed by atoms with Gasteiger partial charge in [-0.25, -0.2) is 0 Å². The summed E-state index contributed by atoms with van der Waals surface area (Å²) in [4.78, 5) is 16.9. The normalized spacial score (nSPS) is 11.0. The minimum absolute atomic E-state index is 0.195. The molecule has 0 unspecified atom stereocenters. The number of carbonyl (C=O) groups is 1. The highest BCUT2D eigenvalue weighted by molar-refractivity contribution is 7.22. The zero-order chi connectivity index (χ0) is 18.1. The summed E-state index contributed by atoms with van der Waals surface area (Å²) in [5.41, 5.74) is 8.50.